The number of carbonyl (C=O) groups excluding carboxylic acids is 1. The van der Waals surface area contributed by atoms with Crippen LogP contribution in [0.4, 0.5) is 5.69 Å². The molecule has 7 heteroatoms. The summed E-state index contributed by atoms with van der Waals surface area (Å²) in [4.78, 5) is 22.9. The first-order chi connectivity index (χ1) is 15.2. The largest absolute Gasteiger partial charge is 0.455 e. The molecule has 164 valence electrons. The molecule has 2 bridgehead atoms. The van der Waals surface area contributed by atoms with Crippen LogP contribution in [0.1, 0.15) is 66.8 Å². The molecule has 0 aliphatic heterocycles. The Morgan fingerprint density at radius 1 is 1.16 bits per heavy atom. The van der Waals surface area contributed by atoms with Gasteiger partial charge in [-0.15, -0.1) is 0 Å². The Morgan fingerprint density at radius 3 is 2.50 bits per heavy atom. The summed E-state index contributed by atoms with van der Waals surface area (Å²) in [5.41, 5.74) is 4.54. The maximum Gasteiger partial charge on any atom is 0.338 e. The molecule has 5 rings (SSSR count). The van der Waals surface area contributed by atoms with Crippen molar-refractivity contribution in [2.75, 3.05) is 0 Å². The van der Waals surface area contributed by atoms with E-state index in [1.807, 2.05) is 35.0 Å². The molecule has 2 aromatic carbocycles. The molecule has 2 aliphatic carbocycles. The van der Waals surface area contributed by atoms with E-state index >= 15 is 0 Å². The highest BCUT2D eigenvalue weighted by Crippen LogP contribution is 2.68. The van der Waals surface area contributed by atoms with Gasteiger partial charge in [0.25, 0.3) is 5.69 Å². The third-order valence-electron chi connectivity index (χ3n) is 7.75. The molecule has 1 aromatic heterocycles. The molecule has 0 spiro atoms. The average Bonchev–Trinajstić information content (AvgIpc) is 3.34. The highest BCUT2D eigenvalue weighted by atomic mass is 16.6. The second-order valence-corrected chi connectivity index (χ2v) is 9.48. The summed E-state index contributed by atoms with van der Waals surface area (Å²) in [6.45, 7) is 7.05. The minimum atomic E-state index is -0.517. The van der Waals surface area contributed by atoms with E-state index in [9.17, 15) is 14.9 Å². The molecular weight excluding hydrogens is 406 g/mol. The maximum absolute atomic E-state index is 12.6. The molecule has 1 heterocycles. The zero-order valence-corrected chi connectivity index (χ0v) is 18.4. The third-order valence-corrected chi connectivity index (χ3v) is 7.75. The number of aromatic nitrogens is 2. The van der Waals surface area contributed by atoms with E-state index in [1.165, 1.54) is 35.5 Å². The molecule has 32 heavy (non-hydrogen) atoms. The number of esters is 1. The van der Waals surface area contributed by atoms with Gasteiger partial charge in [-0.2, -0.15) is 5.10 Å². The lowest BCUT2D eigenvalue weighted by Crippen LogP contribution is -2.33. The Balaban J connectivity index is 1.48. The molecule has 0 N–H and O–H groups in total. The number of ether oxygens (including phenoxy) is 1. The van der Waals surface area contributed by atoms with Crippen LogP contribution in [-0.2, 0) is 16.8 Å². The Bertz CT molecular complexity index is 1210. The highest BCUT2D eigenvalue weighted by Gasteiger charge is 2.62. The number of rotatable bonds is 5. The van der Waals surface area contributed by atoms with E-state index in [4.69, 9.17) is 9.84 Å². The zero-order chi connectivity index (χ0) is 22.7. The lowest BCUT2D eigenvalue weighted by atomic mass is 9.70. The number of non-ortho nitro benzene ring substituents is 1. The van der Waals surface area contributed by atoms with Gasteiger partial charge in [0.1, 0.15) is 12.3 Å². The fourth-order valence-corrected chi connectivity index (χ4v) is 5.60. The minimum Gasteiger partial charge on any atom is -0.455 e. The van der Waals surface area contributed by atoms with Crippen molar-refractivity contribution in [3.05, 3.63) is 87.2 Å². The van der Waals surface area contributed by atoms with Crippen LogP contribution < -0.4 is 0 Å². The van der Waals surface area contributed by atoms with Crippen molar-refractivity contribution in [1.29, 1.82) is 0 Å². The summed E-state index contributed by atoms with van der Waals surface area (Å²) in [6, 6.07) is 15.5. The van der Waals surface area contributed by atoms with E-state index in [0.29, 0.717) is 5.92 Å². The smallest absolute Gasteiger partial charge is 0.338 e. The Labute approximate surface area is 186 Å². The second kappa shape index (κ2) is 7.02. The lowest BCUT2D eigenvalue weighted by Gasteiger charge is -2.35. The highest BCUT2D eigenvalue weighted by molar-refractivity contribution is 5.89. The van der Waals surface area contributed by atoms with E-state index in [2.05, 4.69) is 20.8 Å². The molecule has 2 atom stereocenters. The van der Waals surface area contributed by atoms with Crippen LogP contribution in [0.3, 0.4) is 0 Å². The standard InChI is InChI=1S/C25H25N3O4/c1-24(2)19-13-14-25(24,3)22-21(19)20(26-27(22)17-7-5-4-6-8-17)15-32-23(29)16-9-11-18(12-10-16)28(30)31/h4-12,19H,13-15H2,1-3H3/t19-,25-/m1/s1. The molecule has 0 radical (unpaired) electrons. The van der Waals surface area contributed by atoms with Crippen molar-refractivity contribution in [1.82, 2.24) is 9.78 Å². The minimum absolute atomic E-state index is 0.00351. The number of hydrogen-bond acceptors (Lipinski definition) is 5. The average molecular weight is 431 g/mol. The van der Waals surface area contributed by atoms with Crippen molar-refractivity contribution in [2.24, 2.45) is 5.41 Å². The topological polar surface area (TPSA) is 87.3 Å². The zero-order valence-electron chi connectivity index (χ0n) is 18.4. The first kappa shape index (κ1) is 20.4. The van der Waals surface area contributed by atoms with Gasteiger partial charge in [0.2, 0.25) is 0 Å². The Hall–Kier alpha value is -3.48. The molecule has 1 saturated carbocycles. The fraction of sp³-hybridized carbons (Fsp3) is 0.360. The van der Waals surface area contributed by atoms with Crippen LogP contribution in [0.2, 0.25) is 0 Å². The number of benzene rings is 2. The number of hydrogen-bond donors (Lipinski definition) is 0. The molecule has 0 unspecified atom stereocenters. The van der Waals surface area contributed by atoms with Crippen molar-refractivity contribution in [2.45, 2.75) is 51.6 Å². The SMILES string of the molecule is CC1(C)[C@@H]2CC[C@]1(C)c1c2c(COC(=O)c2ccc([N+](=O)[O-])cc2)nn1-c1ccccc1. The molecule has 3 aromatic rings. The third kappa shape index (κ3) is 2.80. The maximum atomic E-state index is 12.6. The van der Waals surface area contributed by atoms with Gasteiger partial charge in [-0.3, -0.25) is 10.1 Å². The van der Waals surface area contributed by atoms with Crippen molar-refractivity contribution < 1.29 is 14.5 Å². The van der Waals surface area contributed by atoms with Gasteiger partial charge in [-0.25, -0.2) is 9.48 Å². The van der Waals surface area contributed by atoms with Crippen molar-refractivity contribution >= 4 is 11.7 Å². The molecular formula is C25H25N3O4. The van der Waals surface area contributed by atoms with E-state index in [1.54, 1.807) is 0 Å². The number of nitro groups is 1. The van der Waals surface area contributed by atoms with Crippen LogP contribution in [0.25, 0.3) is 5.69 Å². The first-order valence-electron chi connectivity index (χ1n) is 10.8. The van der Waals surface area contributed by atoms with Crippen molar-refractivity contribution in [3.8, 4) is 5.69 Å². The molecule has 2 aliphatic rings. The summed E-state index contributed by atoms with van der Waals surface area (Å²) < 4.78 is 7.65. The van der Waals surface area contributed by atoms with Gasteiger partial charge in [0.05, 0.1) is 21.9 Å². The number of carbonyl (C=O) groups is 1. The van der Waals surface area contributed by atoms with Crippen LogP contribution in [-0.4, -0.2) is 20.7 Å². The summed E-state index contributed by atoms with van der Waals surface area (Å²) in [5.74, 6) is -0.149. The Kier molecular flexibility index (Phi) is 4.48. The molecule has 7 nitrogen and oxygen atoms in total. The van der Waals surface area contributed by atoms with E-state index in [-0.39, 0.29) is 28.7 Å². The van der Waals surface area contributed by atoms with Gasteiger partial charge in [-0.05, 0) is 48.4 Å². The predicted octanol–water partition coefficient (Wildman–Crippen LogP) is 5.31. The lowest BCUT2D eigenvalue weighted by molar-refractivity contribution is -0.384. The van der Waals surface area contributed by atoms with Crippen LogP contribution in [0.15, 0.2) is 54.6 Å². The summed E-state index contributed by atoms with van der Waals surface area (Å²) in [6.07, 6.45) is 2.21. The summed E-state index contributed by atoms with van der Waals surface area (Å²) in [7, 11) is 0. The number of nitrogens with zero attached hydrogens (tertiary/aromatic N) is 3. The Morgan fingerprint density at radius 2 is 1.84 bits per heavy atom. The summed E-state index contributed by atoms with van der Waals surface area (Å²) in [5, 5.41) is 15.7. The quantitative estimate of drug-likeness (QED) is 0.310. The van der Waals surface area contributed by atoms with Crippen LogP contribution in [0.5, 0.6) is 0 Å². The van der Waals surface area contributed by atoms with Crippen molar-refractivity contribution in [3.63, 3.8) is 0 Å². The predicted molar refractivity (Wildman–Crippen MR) is 119 cm³/mol. The normalized spacial score (nSPS) is 22.5. The van der Waals surface area contributed by atoms with Gasteiger partial charge in [0.15, 0.2) is 0 Å². The van der Waals surface area contributed by atoms with Crippen LogP contribution >= 0.6 is 0 Å². The number of para-hydroxylation sites is 1. The van der Waals surface area contributed by atoms with Gasteiger partial charge in [-0.1, -0.05) is 39.0 Å². The molecule has 0 saturated heterocycles. The number of fused-ring (bicyclic) bond motifs is 5. The monoisotopic (exact) mass is 431 g/mol. The molecule has 1 fully saturated rings. The van der Waals surface area contributed by atoms with E-state index in [0.717, 1.165) is 24.2 Å². The van der Waals surface area contributed by atoms with Gasteiger partial charge in [0, 0.05) is 23.1 Å². The second-order valence-electron chi connectivity index (χ2n) is 9.48. The summed E-state index contributed by atoms with van der Waals surface area (Å²) >= 11 is 0. The first-order valence-corrected chi connectivity index (χ1v) is 10.8. The van der Waals surface area contributed by atoms with E-state index < -0.39 is 10.9 Å². The number of nitro benzene ring substituents is 1. The van der Waals surface area contributed by atoms with Gasteiger partial charge >= 0.3 is 5.97 Å². The van der Waals surface area contributed by atoms with Gasteiger partial charge < -0.3 is 4.74 Å². The van der Waals surface area contributed by atoms with Crippen LogP contribution in [0, 0.1) is 15.5 Å². The fourth-order valence-electron chi connectivity index (χ4n) is 5.60. The molecule has 0 amide bonds.